The molecule has 4 N–H and O–H groups in total. The minimum atomic E-state index is -1.87. The standard InChI is InChI=1S/C46H70N6O16/c1-22(2)36(55)38(66-30(11)54)46(63)68-37(23(3)4)34-43(60)52(14)35(28(9)64-15)45(62)65-27(8)33(48-29(10)53)44(61)67-32(21-31-19-17-16-18-20-31)42(59)51(13)25(6)39(56)47-24(5)41(58)50(12)26(7)40(57)49-34/h16-20,22-28,32-38,55H,21H2,1-15H3,(H,47,56)(H,48,53)(H,49,57)/t24-,25+,26-,27+,28+,32+,33-,34-,35?,36+,37+,38?/m0/s1. The van der Waals surface area contributed by atoms with Gasteiger partial charge in [0.2, 0.25) is 35.6 Å². The van der Waals surface area contributed by atoms with Crippen LogP contribution in [0.4, 0.5) is 0 Å². The molecule has 6 amide bonds. The molecule has 380 valence electrons. The average molecular weight is 963 g/mol. The molecule has 68 heavy (non-hydrogen) atoms. The van der Waals surface area contributed by atoms with Crippen molar-refractivity contribution in [2.45, 2.75) is 155 Å². The third-order valence-corrected chi connectivity index (χ3v) is 11.7. The van der Waals surface area contributed by atoms with Gasteiger partial charge >= 0.3 is 23.9 Å². The number of cyclic esters (lactones) is 2. The maximum atomic E-state index is 14.9. The van der Waals surface area contributed by atoms with Crippen LogP contribution in [0, 0.1) is 11.8 Å². The molecule has 2 rings (SSSR count). The maximum Gasteiger partial charge on any atom is 0.350 e. The zero-order chi connectivity index (χ0) is 52.1. The van der Waals surface area contributed by atoms with E-state index in [0.717, 1.165) is 35.6 Å². The summed E-state index contributed by atoms with van der Waals surface area (Å²) in [5.74, 6) is -11.3. The highest BCUT2D eigenvalue weighted by atomic mass is 16.6. The Kier molecular flexibility index (Phi) is 22.0. The first-order valence-corrected chi connectivity index (χ1v) is 22.3. The number of carbonyl (C=O) groups is 10. The fourth-order valence-electron chi connectivity index (χ4n) is 7.07. The Bertz CT molecular complexity index is 1980. The fraction of sp³-hybridized carbons (Fsp3) is 0.652. The molecule has 1 saturated heterocycles. The normalized spacial score (nSPS) is 26.3. The first-order valence-electron chi connectivity index (χ1n) is 22.3. The Hall–Kier alpha value is -6.16. The summed E-state index contributed by atoms with van der Waals surface area (Å²) in [7, 11) is 4.94. The number of nitrogens with one attached hydrogen (secondary N) is 3. The van der Waals surface area contributed by atoms with E-state index < -0.39 is 144 Å². The average Bonchev–Trinajstić information content (AvgIpc) is 3.27. The molecule has 2 unspecified atom stereocenters. The SMILES string of the molecule is CO[C@H](C)C1C(=O)O[C@H](C)[C@H](NC(C)=O)C(=O)O[C@H](Cc2ccccc2)C(=O)N(C)[C@H](C)C(=O)N[C@@H](C)C(=O)N(C)[C@@H](C)C(=O)N[C@@H]([C@H](OC(=O)C(OC(C)=O)[C@H](O)C(C)C)C(C)C)C(=O)N1C. The summed E-state index contributed by atoms with van der Waals surface area (Å²) in [6, 6.07) is -0.820. The Balaban J connectivity index is 2.89. The minimum Gasteiger partial charge on any atom is -0.458 e. The van der Waals surface area contributed by atoms with Crippen LogP contribution in [0.25, 0.3) is 0 Å². The molecule has 1 aromatic rings. The number of esters is 4. The van der Waals surface area contributed by atoms with Crippen LogP contribution in [0.2, 0.25) is 0 Å². The Morgan fingerprint density at radius 3 is 1.78 bits per heavy atom. The van der Waals surface area contributed by atoms with E-state index in [9.17, 15) is 53.1 Å². The number of benzene rings is 1. The molecular weight excluding hydrogens is 893 g/mol. The van der Waals surface area contributed by atoms with Crippen molar-refractivity contribution in [3.8, 4) is 0 Å². The molecular formula is C46H70N6O16. The predicted octanol–water partition coefficient (Wildman–Crippen LogP) is -0.347. The molecule has 1 aliphatic rings. The van der Waals surface area contributed by atoms with Gasteiger partial charge in [0.15, 0.2) is 18.2 Å². The summed E-state index contributed by atoms with van der Waals surface area (Å²) < 4.78 is 28.0. The zero-order valence-electron chi connectivity index (χ0n) is 41.6. The van der Waals surface area contributed by atoms with E-state index in [2.05, 4.69) is 16.0 Å². The quantitative estimate of drug-likeness (QED) is 0.154. The van der Waals surface area contributed by atoms with Crippen LogP contribution in [-0.2, 0) is 78.1 Å². The maximum absolute atomic E-state index is 14.9. The minimum absolute atomic E-state index is 0.193. The number of carbonyl (C=O) groups excluding carboxylic acids is 10. The van der Waals surface area contributed by atoms with Crippen molar-refractivity contribution >= 4 is 59.3 Å². The van der Waals surface area contributed by atoms with Crippen LogP contribution in [0.3, 0.4) is 0 Å². The van der Waals surface area contributed by atoms with E-state index in [0.29, 0.717) is 5.56 Å². The first kappa shape index (κ1) is 58.0. The molecule has 0 radical (unpaired) electrons. The van der Waals surface area contributed by atoms with Crippen LogP contribution in [-0.4, -0.2) is 180 Å². The lowest BCUT2D eigenvalue weighted by Crippen LogP contribution is -2.63. The van der Waals surface area contributed by atoms with Gasteiger partial charge in [-0.2, -0.15) is 0 Å². The molecule has 1 fully saturated rings. The highest BCUT2D eigenvalue weighted by Gasteiger charge is 2.46. The molecule has 1 heterocycles. The third-order valence-electron chi connectivity index (χ3n) is 11.7. The van der Waals surface area contributed by atoms with E-state index in [-0.39, 0.29) is 6.42 Å². The second-order valence-electron chi connectivity index (χ2n) is 17.6. The number of amides is 6. The summed E-state index contributed by atoms with van der Waals surface area (Å²) in [4.78, 5) is 140. The topological polar surface area (TPSA) is 283 Å². The largest absolute Gasteiger partial charge is 0.458 e. The summed E-state index contributed by atoms with van der Waals surface area (Å²) in [5.41, 5.74) is 0.552. The number of ether oxygens (including phenoxy) is 5. The van der Waals surface area contributed by atoms with E-state index in [4.69, 9.17) is 23.7 Å². The number of aliphatic hydroxyl groups is 1. The van der Waals surface area contributed by atoms with Crippen LogP contribution in [0.1, 0.15) is 81.7 Å². The molecule has 0 aromatic heterocycles. The number of rotatable bonds is 12. The van der Waals surface area contributed by atoms with Gasteiger partial charge in [-0.05, 0) is 52.0 Å². The summed E-state index contributed by atoms with van der Waals surface area (Å²) in [5, 5.41) is 18.4. The molecule has 0 bridgehead atoms. The third kappa shape index (κ3) is 15.4. The Morgan fingerprint density at radius 1 is 0.735 bits per heavy atom. The van der Waals surface area contributed by atoms with Gasteiger partial charge < -0.3 is 59.4 Å². The monoisotopic (exact) mass is 962 g/mol. The lowest BCUT2D eigenvalue weighted by Gasteiger charge is -2.38. The number of likely N-dealkylation sites (N-methyl/N-ethyl adjacent to an activating group) is 3. The second kappa shape index (κ2) is 25.8. The van der Waals surface area contributed by atoms with Gasteiger partial charge in [0.05, 0.1) is 6.10 Å². The van der Waals surface area contributed by atoms with Gasteiger partial charge in [-0.15, -0.1) is 0 Å². The fourth-order valence-corrected chi connectivity index (χ4v) is 7.07. The van der Waals surface area contributed by atoms with Crippen molar-refractivity contribution in [3.05, 3.63) is 35.9 Å². The number of aliphatic hydroxyl groups excluding tert-OH is 1. The summed E-state index contributed by atoms with van der Waals surface area (Å²) in [6.07, 6.45) is -9.58. The van der Waals surface area contributed by atoms with Gasteiger partial charge in [-0.3, -0.25) is 33.6 Å². The van der Waals surface area contributed by atoms with E-state index in [1.165, 1.54) is 69.7 Å². The van der Waals surface area contributed by atoms with Crippen LogP contribution in [0.15, 0.2) is 30.3 Å². The van der Waals surface area contributed by atoms with Crippen molar-refractivity contribution in [1.29, 1.82) is 0 Å². The molecule has 0 aliphatic carbocycles. The Labute approximate surface area is 397 Å². The lowest BCUT2D eigenvalue weighted by atomic mass is 9.96. The molecule has 22 nitrogen and oxygen atoms in total. The van der Waals surface area contributed by atoms with Gasteiger partial charge in [0.25, 0.3) is 5.91 Å². The van der Waals surface area contributed by atoms with Crippen LogP contribution < -0.4 is 16.0 Å². The first-order chi connectivity index (χ1) is 31.6. The van der Waals surface area contributed by atoms with Crippen LogP contribution >= 0.6 is 0 Å². The molecule has 0 saturated carbocycles. The van der Waals surface area contributed by atoms with Crippen molar-refractivity contribution in [2.75, 3.05) is 28.3 Å². The Morgan fingerprint density at radius 2 is 1.28 bits per heavy atom. The number of nitrogens with zero attached hydrogens (tertiary/aromatic N) is 3. The molecule has 0 spiro atoms. The molecule has 1 aliphatic heterocycles. The highest BCUT2D eigenvalue weighted by molar-refractivity contribution is 5.97. The van der Waals surface area contributed by atoms with E-state index in [1.54, 1.807) is 44.2 Å². The van der Waals surface area contributed by atoms with Gasteiger partial charge in [-0.1, -0.05) is 58.0 Å². The van der Waals surface area contributed by atoms with Crippen molar-refractivity contribution in [2.24, 2.45) is 11.8 Å². The van der Waals surface area contributed by atoms with Crippen molar-refractivity contribution in [3.63, 3.8) is 0 Å². The highest BCUT2D eigenvalue weighted by Crippen LogP contribution is 2.22. The van der Waals surface area contributed by atoms with Gasteiger partial charge in [0, 0.05) is 48.5 Å². The van der Waals surface area contributed by atoms with E-state index >= 15 is 0 Å². The molecule has 22 heteroatoms. The van der Waals surface area contributed by atoms with E-state index in [1.807, 2.05) is 0 Å². The van der Waals surface area contributed by atoms with Crippen molar-refractivity contribution in [1.82, 2.24) is 30.7 Å². The smallest absolute Gasteiger partial charge is 0.350 e. The van der Waals surface area contributed by atoms with Crippen molar-refractivity contribution < 1.29 is 76.7 Å². The predicted molar refractivity (Wildman–Crippen MR) is 241 cm³/mol. The molecule has 12 atom stereocenters. The summed E-state index contributed by atoms with van der Waals surface area (Å²) in [6.45, 7) is 15.0. The van der Waals surface area contributed by atoms with Gasteiger partial charge in [0.1, 0.15) is 42.5 Å². The number of methoxy groups -OCH3 is 1. The van der Waals surface area contributed by atoms with Crippen LogP contribution in [0.5, 0.6) is 0 Å². The lowest BCUT2D eigenvalue weighted by molar-refractivity contribution is -0.184. The summed E-state index contributed by atoms with van der Waals surface area (Å²) >= 11 is 0. The number of hydrogen-bond acceptors (Lipinski definition) is 16. The zero-order valence-corrected chi connectivity index (χ0v) is 41.6. The van der Waals surface area contributed by atoms with Gasteiger partial charge in [-0.25, -0.2) is 14.4 Å². The second-order valence-corrected chi connectivity index (χ2v) is 17.6. The number of hydrogen-bond donors (Lipinski definition) is 4. The molecule has 1 aromatic carbocycles.